The van der Waals surface area contributed by atoms with Crippen molar-refractivity contribution < 1.29 is 4.42 Å². The van der Waals surface area contributed by atoms with Crippen LogP contribution in [0.1, 0.15) is 34.8 Å². The highest BCUT2D eigenvalue weighted by molar-refractivity contribution is 7.26. The van der Waals surface area contributed by atoms with E-state index in [9.17, 15) is 0 Å². The molecule has 1 N–H and O–H groups in total. The quantitative estimate of drug-likeness (QED) is 0.193. The van der Waals surface area contributed by atoms with Gasteiger partial charge in [0.05, 0.1) is 0 Å². The fourth-order valence-corrected chi connectivity index (χ4v) is 9.82. The largest absolute Gasteiger partial charge is 0.456 e. The number of aryl methyl sites for hydroxylation is 2. The minimum atomic E-state index is -0.190. The Kier molecular flexibility index (Phi) is 7.34. The summed E-state index contributed by atoms with van der Waals surface area (Å²) in [6, 6.07) is 48.1. The molecule has 0 radical (unpaired) electrons. The average molecular weight is 714 g/mol. The minimum Gasteiger partial charge on any atom is -0.456 e. The smallest absolute Gasteiger partial charge is 0.159 e. The summed E-state index contributed by atoms with van der Waals surface area (Å²) in [6.07, 6.45) is 11.4. The van der Waals surface area contributed by atoms with Gasteiger partial charge in [0.1, 0.15) is 23.3 Å². The van der Waals surface area contributed by atoms with Gasteiger partial charge in [-0.1, -0.05) is 152 Å². The number of hydrogen-bond acceptors (Lipinski definition) is 5. The number of amidine groups is 2. The summed E-state index contributed by atoms with van der Waals surface area (Å²) in [5.74, 6) is 2.95. The van der Waals surface area contributed by atoms with Gasteiger partial charge in [-0.2, -0.15) is 0 Å². The summed E-state index contributed by atoms with van der Waals surface area (Å²) in [6.45, 7) is 0. The lowest BCUT2D eigenvalue weighted by Gasteiger charge is -2.27. The van der Waals surface area contributed by atoms with Crippen LogP contribution in [-0.2, 0) is 12.8 Å². The molecule has 0 fully saturated rings. The number of benzene rings is 6. The molecule has 2 aromatic heterocycles. The standard InChI is InChI=1S/C49H35N3OS/c1-3-12-32(13-4-1)47-50-48(33-14-5-2-6-15-33)52-49(51-47)34-23-21-31(22-24-34)37-17-9-19-41-42-20-10-18-38(46(42)54-45(37)41)35-26-27-39-40-28-25-30-11-7-8-16-36(30)44(40)53-43(39)29-35/h1-14,16-24,26-27,29,33,47H,15,25,28H2,(H,50,51,52). The third kappa shape index (κ3) is 5.19. The van der Waals surface area contributed by atoms with Crippen molar-refractivity contribution in [2.24, 2.45) is 15.9 Å². The van der Waals surface area contributed by atoms with Crippen LogP contribution >= 0.6 is 11.3 Å². The second-order valence-corrected chi connectivity index (χ2v) is 15.4. The van der Waals surface area contributed by atoms with Gasteiger partial charge in [-0.3, -0.25) is 0 Å². The normalized spacial score (nSPS) is 17.6. The number of allylic oxidation sites excluding steroid dienone is 3. The highest BCUT2D eigenvalue weighted by atomic mass is 32.1. The van der Waals surface area contributed by atoms with Crippen molar-refractivity contribution in [3.05, 3.63) is 180 Å². The SMILES string of the molecule is C1=CCC(C2=NC(c3ccc(-c4cccc5c4sc4c(-c6ccc7c8c(oc7c6)-c6ccccc6CC8)cccc45)cc3)=NC(c3ccccc3)N2)C=C1. The van der Waals surface area contributed by atoms with Gasteiger partial charge in [0, 0.05) is 48.2 Å². The Balaban J connectivity index is 0.962. The maximum atomic E-state index is 6.62. The Labute approximate surface area is 317 Å². The molecule has 1 aliphatic heterocycles. The van der Waals surface area contributed by atoms with Crippen molar-refractivity contribution in [3.63, 3.8) is 0 Å². The number of fused-ring (bicyclic) bond motifs is 8. The van der Waals surface area contributed by atoms with Crippen LogP contribution < -0.4 is 5.32 Å². The molecule has 2 atom stereocenters. The fourth-order valence-electron chi connectivity index (χ4n) is 8.45. The van der Waals surface area contributed by atoms with Crippen LogP contribution in [0.15, 0.2) is 172 Å². The molecule has 0 amide bonds. The Morgan fingerprint density at radius 2 is 1.35 bits per heavy atom. The molecule has 3 aliphatic rings. The van der Waals surface area contributed by atoms with Gasteiger partial charge >= 0.3 is 0 Å². The predicted molar refractivity (Wildman–Crippen MR) is 225 cm³/mol. The van der Waals surface area contributed by atoms with Crippen molar-refractivity contribution in [3.8, 4) is 33.6 Å². The molecule has 5 heteroatoms. The number of hydrogen-bond donors (Lipinski definition) is 1. The van der Waals surface area contributed by atoms with Crippen LogP contribution in [0.4, 0.5) is 0 Å². The molecule has 0 saturated heterocycles. The zero-order valence-electron chi connectivity index (χ0n) is 29.5. The molecule has 3 heterocycles. The van der Waals surface area contributed by atoms with Crippen molar-refractivity contribution in [2.75, 3.05) is 0 Å². The van der Waals surface area contributed by atoms with E-state index in [-0.39, 0.29) is 12.1 Å². The maximum absolute atomic E-state index is 6.62. The first-order valence-corrected chi connectivity index (χ1v) is 19.6. The summed E-state index contributed by atoms with van der Waals surface area (Å²) in [7, 11) is 0. The van der Waals surface area contributed by atoms with Gasteiger partial charge in [-0.15, -0.1) is 11.3 Å². The minimum absolute atomic E-state index is 0.190. The monoisotopic (exact) mass is 713 g/mol. The van der Waals surface area contributed by atoms with Gasteiger partial charge in [-0.25, -0.2) is 9.98 Å². The first-order chi connectivity index (χ1) is 26.7. The maximum Gasteiger partial charge on any atom is 0.159 e. The van der Waals surface area contributed by atoms with Gasteiger partial charge in [0.15, 0.2) is 5.84 Å². The zero-order valence-corrected chi connectivity index (χ0v) is 30.3. The number of furan rings is 1. The molecule has 2 unspecified atom stereocenters. The van der Waals surface area contributed by atoms with Crippen LogP contribution in [0.3, 0.4) is 0 Å². The highest BCUT2D eigenvalue weighted by Crippen LogP contribution is 2.46. The second-order valence-electron chi connectivity index (χ2n) is 14.4. The van der Waals surface area contributed by atoms with E-state index in [0.29, 0.717) is 0 Å². The lowest BCUT2D eigenvalue weighted by Crippen LogP contribution is -2.37. The first-order valence-electron chi connectivity index (χ1n) is 18.8. The molecule has 0 saturated carbocycles. The molecule has 0 spiro atoms. The topological polar surface area (TPSA) is 49.9 Å². The molecule has 258 valence electrons. The zero-order chi connectivity index (χ0) is 35.6. The molecule has 11 rings (SSSR count). The Morgan fingerprint density at radius 1 is 0.630 bits per heavy atom. The number of rotatable bonds is 5. The van der Waals surface area contributed by atoms with Crippen molar-refractivity contribution in [1.82, 2.24) is 5.32 Å². The molecule has 54 heavy (non-hydrogen) atoms. The van der Waals surface area contributed by atoms with Crippen molar-refractivity contribution >= 4 is 54.1 Å². The lowest BCUT2D eigenvalue weighted by atomic mass is 9.89. The number of nitrogens with one attached hydrogen (secondary N) is 1. The van der Waals surface area contributed by atoms with E-state index < -0.39 is 0 Å². The lowest BCUT2D eigenvalue weighted by molar-refractivity contribution is 0.621. The Hall–Kier alpha value is -6.30. The van der Waals surface area contributed by atoms with Crippen LogP contribution in [0.5, 0.6) is 0 Å². The van der Waals surface area contributed by atoms with Crippen LogP contribution in [0.2, 0.25) is 0 Å². The van der Waals surface area contributed by atoms with Gasteiger partial charge in [-0.05, 0) is 58.7 Å². The van der Waals surface area contributed by atoms with Gasteiger partial charge in [0.25, 0.3) is 0 Å². The third-order valence-electron chi connectivity index (χ3n) is 11.2. The van der Waals surface area contributed by atoms with Crippen LogP contribution in [0, 0.1) is 5.92 Å². The van der Waals surface area contributed by atoms with E-state index in [0.717, 1.165) is 53.4 Å². The van der Waals surface area contributed by atoms with Crippen molar-refractivity contribution in [2.45, 2.75) is 25.4 Å². The van der Waals surface area contributed by atoms with E-state index >= 15 is 0 Å². The van der Waals surface area contributed by atoms with Crippen molar-refractivity contribution in [1.29, 1.82) is 0 Å². The van der Waals surface area contributed by atoms with E-state index in [1.165, 1.54) is 64.5 Å². The third-order valence-corrected chi connectivity index (χ3v) is 12.5. The molecule has 0 bridgehead atoms. The summed E-state index contributed by atoms with van der Waals surface area (Å²) in [5, 5.41) is 7.41. The highest BCUT2D eigenvalue weighted by Gasteiger charge is 2.25. The fraction of sp³-hybridized carbons (Fsp3) is 0.102. The Bertz CT molecular complexity index is 2890. The van der Waals surface area contributed by atoms with E-state index in [2.05, 4.69) is 157 Å². The predicted octanol–water partition coefficient (Wildman–Crippen LogP) is 12.5. The summed E-state index contributed by atoms with van der Waals surface area (Å²) in [5.41, 5.74) is 11.9. The van der Waals surface area contributed by atoms with E-state index in [4.69, 9.17) is 14.4 Å². The van der Waals surface area contributed by atoms with E-state index in [1.807, 2.05) is 17.4 Å². The molecular weight excluding hydrogens is 679 g/mol. The molecule has 8 aromatic rings. The van der Waals surface area contributed by atoms with Crippen LogP contribution in [-0.4, -0.2) is 11.7 Å². The number of nitrogens with zero attached hydrogens (tertiary/aromatic N) is 2. The molecular formula is C49H35N3OS. The first kappa shape index (κ1) is 31.2. The summed E-state index contributed by atoms with van der Waals surface area (Å²) >= 11 is 1.88. The van der Waals surface area contributed by atoms with Gasteiger partial charge < -0.3 is 9.73 Å². The molecule has 4 nitrogen and oxygen atoms in total. The summed E-state index contributed by atoms with van der Waals surface area (Å²) in [4.78, 5) is 10.2. The summed E-state index contributed by atoms with van der Waals surface area (Å²) < 4.78 is 9.21. The average Bonchev–Trinajstić information content (AvgIpc) is 3.83. The molecule has 2 aliphatic carbocycles. The molecule has 6 aromatic carbocycles. The van der Waals surface area contributed by atoms with E-state index in [1.54, 1.807) is 0 Å². The number of aliphatic imine (C=N–C) groups is 2. The second kappa shape index (κ2) is 12.7. The van der Waals surface area contributed by atoms with Crippen LogP contribution in [0.25, 0.3) is 64.7 Å². The van der Waals surface area contributed by atoms with Gasteiger partial charge in [0.2, 0.25) is 0 Å². The number of thiophene rings is 1. The Morgan fingerprint density at radius 3 is 2.15 bits per heavy atom.